The molecule has 0 bridgehead atoms. The third kappa shape index (κ3) is 5.75. The van der Waals surface area contributed by atoms with Crippen molar-refractivity contribution in [2.45, 2.75) is 46.0 Å². The number of hydrogen-bond acceptors (Lipinski definition) is 4. The first-order valence-corrected chi connectivity index (χ1v) is 11.1. The summed E-state index contributed by atoms with van der Waals surface area (Å²) in [6, 6.07) is 0. The first-order valence-electron chi connectivity index (χ1n) is 10.7. The highest BCUT2D eigenvalue weighted by Gasteiger charge is 2.29. The van der Waals surface area contributed by atoms with Crippen LogP contribution in [0.4, 0.5) is 0 Å². The summed E-state index contributed by atoms with van der Waals surface area (Å²) < 4.78 is 11.6. The van der Waals surface area contributed by atoms with Gasteiger partial charge < -0.3 is 14.4 Å². The standard InChI is InChI=1S/C24H31ClN2O3/c1-5-10-29-11-6-7-16(2)20-12-17(3)23(25)26-21-13-19(15-30-22(20)21)24(28)27(4)14-18-8-9-18/h13,18H,2,5-11,14-15H2,1,3-4H3. The van der Waals surface area contributed by atoms with Crippen LogP contribution >= 0.6 is 11.6 Å². The second-order valence-corrected chi connectivity index (χ2v) is 8.51. The molecule has 0 unspecified atom stereocenters. The molecule has 1 saturated carbocycles. The molecule has 0 saturated heterocycles. The Labute approximate surface area is 184 Å². The van der Waals surface area contributed by atoms with Gasteiger partial charge in [0.25, 0.3) is 5.91 Å². The maximum Gasteiger partial charge on any atom is 0.253 e. The molecule has 30 heavy (non-hydrogen) atoms. The molecule has 2 aliphatic heterocycles. The van der Waals surface area contributed by atoms with E-state index in [9.17, 15) is 4.79 Å². The largest absolute Gasteiger partial charge is 0.485 e. The molecule has 0 aromatic heterocycles. The van der Waals surface area contributed by atoms with E-state index in [1.54, 1.807) is 11.0 Å². The molecule has 1 fully saturated rings. The number of carbonyl (C=O) groups is 1. The van der Waals surface area contributed by atoms with Gasteiger partial charge in [-0.15, -0.1) is 5.73 Å². The molecular formula is C24H31ClN2O3. The minimum absolute atomic E-state index is 0.0221. The first kappa shape index (κ1) is 22.6. The Kier molecular flexibility index (Phi) is 7.76. The highest BCUT2D eigenvalue weighted by molar-refractivity contribution is 6.69. The van der Waals surface area contributed by atoms with Crippen LogP contribution in [0.1, 0.15) is 46.0 Å². The van der Waals surface area contributed by atoms with E-state index in [1.807, 2.05) is 14.0 Å². The van der Waals surface area contributed by atoms with Crippen LogP contribution in [0.3, 0.4) is 0 Å². The van der Waals surface area contributed by atoms with Crippen LogP contribution < -0.4 is 0 Å². The van der Waals surface area contributed by atoms with Crippen LogP contribution in [-0.4, -0.2) is 49.4 Å². The van der Waals surface area contributed by atoms with Crippen molar-refractivity contribution < 1.29 is 14.3 Å². The van der Waals surface area contributed by atoms with Crippen LogP contribution in [0.25, 0.3) is 0 Å². The van der Waals surface area contributed by atoms with Crippen molar-refractivity contribution in [3.05, 3.63) is 52.1 Å². The zero-order chi connectivity index (χ0) is 21.7. The number of hydrogen-bond donors (Lipinski definition) is 0. The normalized spacial score (nSPS) is 18.4. The summed E-state index contributed by atoms with van der Waals surface area (Å²) in [7, 11) is 1.84. The van der Waals surface area contributed by atoms with Crippen molar-refractivity contribution >= 4 is 22.7 Å². The molecular weight excluding hydrogens is 400 g/mol. The van der Waals surface area contributed by atoms with E-state index in [-0.39, 0.29) is 12.5 Å². The van der Waals surface area contributed by atoms with Gasteiger partial charge in [-0.25, -0.2) is 4.99 Å². The lowest BCUT2D eigenvalue weighted by atomic mass is 9.98. The molecule has 0 N–H and O–H groups in total. The lowest BCUT2D eigenvalue weighted by molar-refractivity contribution is -0.126. The van der Waals surface area contributed by atoms with Crippen molar-refractivity contribution in [2.75, 3.05) is 33.4 Å². The van der Waals surface area contributed by atoms with Gasteiger partial charge in [0.1, 0.15) is 17.5 Å². The van der Waals surface area contributed by atoms with Crippen molar-refractivity contribution in [2.24, 2.45) is 10.9 Å². The first-order chi connectivity index (χ1) is 14.4. The molecule has 3 aliphatic rings. The fourth-order valence-corrected chi connectivity index (χ4v) is 3.55. The molecule has 162 valence electrons. The van der Waals surface area contributed by atoms with Gasteiger partial charge in [0.15, 0.2) is 5.76 Å². The smallest absolute Gasteiger partial charge is 0.253 e. The molecule has 3 rings (SSSR count). The van der Waals surface area contributed by atoms with Gasteiger partial charge in [-0.05, 0) is 56.6 Å². The lowest BCUT2D eigenvalue weighted by Gasteiger charge is -2.24. The average Bonchev–Trinajstić information content (AvgIpc) is 3.55. The highest BCUT2D eigenvalue weighted by atomic mass is 35.5. The molecule has 5 nitrogen and oxygen atoms in total. The quantitative estimate of drug-likeness (QED) is 0.365. The van der Waals surface area contributed by atoms with E-state index in [0.717, 1.165) is 49.1 Å². The summed E-state index contributed by atoms with van der Waals surface area (Å²) in [5.41, 5.74) is 6.84. The van der Waals surface area contributed by atoms with Crippen molar-refractivity contribution in [3.63, 3.8) is 0 Å². The highest BCUT2D eigenvalue weighted by Crippen LogP contribution is 2.34. The molecule has 6 heteroatoms. The van der Waals surface area contributed by atoms with Crippen molar-refractivity contribution in [3.8, 4) is 0 Å². The number of rotatable bonds is 10. The molecule has 0 aromatic carbocycles. The van der Waals surface area contributed by atoms with E-state index in [2.05, 4.69) is 24.2 Å². The molecule has 0 aromatic rings. The Morgan fingerprint density at radius 3 is 2.90 bits per heavy atom. The fourth-order valence-electron chi connectivity index (χ4n) is 3.41. The van der Waals surface area contributed by atoms with E-state index in [4.69, 9.17) is 21.1 Å². The predicted molar refractivity (Wildman–Crippen MR) is 120 cm³/mol. The van der Waals surface area contributed by atoms with Crippen molar-refractivity contribution in [1.29, 1.82) is 0 Å². The summed E-state index contributed by atoms with van der Waals surface area (Å²) in [6.45, 7) is 10.7. The van der Waals surface area contributed by atoms with Gasteiger partial charge in [0, 0.05) is 32.4 Å². The summed E-state index contributed by atoms with van der Waals surface area (Å²) in [4.78, 5) is 19.1. The zero-order valence-corrected chi connectivity index (χ0v) is 19.0. The van der Waals surface area contributed by atoms with Gasteiger partial charge in [0.05, 0.1) is 11.1 Å². The maximum absolute atomic E-state index is 12.8. The monoisotopic (exact) mass is 430 g/mol. The Morgan fingerprint density at radius 1 is 1.43 bits per heavy atom. The average molecular weight is 431 g/mol. The molecule has 2 heterocycles. The summed E-state index contributed by atoms with van der Waals surface area (Å²) in [5, 5.41) is 0.344. The zero-order valence-electron chi connectivity index (χ0n) is 18.2. The van der Waals surface area contributed by atoms with Crippen LogP contribution in [0.5, 0.6) is 0 Å². The van der Waals surface area contributed by atoms with E-state index >= 15 is 0 Å². The van der Waals surface area contributed by atoms with Gasteiger partial charge in [-0.1, -0.05) is 25.1 Å². The minimum atomic E-state index is -0.0221. The van der Waals surface area contributed by atoms with Crippen molar-refractivity contribution in [1.82, 2.24) is 4.90 Å². The number of aliphatic imine (C=N–C) groups is 1. The van der Waals surface area contributed by atoms with E-state index < -0.39 is 0 Å². The molecule has 1 aliphatic carbocycles. The number of allylic oxidation sites excluding steroid dienone is 2. The maximum atomic E-state index is 12.8. The van der Waals surface area contributed by atoms with Crippen LogP contribution in [-0.2, 0) is 14.3 Å². The fraction of sp³-hybridized carbons (Fsp3) is 0.542. The SMILES string of the molecule is C=C(CCCOCCC)C1=C=C(C)C(Cl)=NC2=C1OCC(C(=O)N(C)CC1CC1)=C2. The number of ether oxygens (including phenoxy) is 2. The number of nitrogens with zero attached hydrogens (tertiary/aromatic N) is 2. The topological polar surface area (TPSA) is 51.1 Å². The number of likely N-dealkylation sites (N-methyl/N-ethyl adjacent to an activating group) is 1. The summed E-state index contributed by atoms with van der Waals surface area (Å²) in [6.07, 6.45) is 6.84. The van der Waals surface area contributed by atoms with Crippen LogP contribution in [0.2, 0.25) is 0 Å². The van der Waals surface area contributed by atoms with Gasteiger partial charge in [-0.3, -0.25) is 4.79 Å². The summed E-state index contributed by atoms with van der Waals surface area (Å²) in [5.74, 6) is 1.20. The van der Waals surface area contributed by atoms with Crippen LogP contribution in [0.15, 0.2) is 57.1 Å². The predicted octanol–water partition coefficient (Wildman–Crippen LogP) is 4.91. The van der Waals surface area contributed by atoms with Crippen LogP contribution in [0, 0.1) is 5.92 Å². The van der Waals surface area contributed by atoms with Gasteiger partial charge >= 0.3 is 0 Å². The molecule has 0 spiro atoms. The van der Waals surface area contributed by atoms with E-state index in [0.29, 0.717) is 34.7 Å². The molecule has 0 atom stereocenters. The Morgan fingerprint density at radius 2 is 2.20 bits per heavy atom. The Hall–Kier alpha value is -2.07. The van der Waals surface area contributed by atoms with Gasteiger partial charge in [0.2, 0.25) is 0 Å². The summed E-state index contributed by atoms with van der Waals surface area (Å²) >= 11 is 6.36. The molecule has 1 amide bonds. The number of amides is 1. The van der Waals surface area contributed by atoms with Gasteiger partial charge in [-0.2, -0.15) is 0 Å². The Bertz CT molecular complexity index is 871. The third-order valence-corrected chi connectivity index (χ3v) is 5.67. The van der Waals surface area contributed by atoms with E-state index in [1.165, 1.54) is 12.8 Å². The minimum Gasteiger partial charge on any atom is -0.485 e. The Balaban J connectivity index is 1.79. The number of carbonyl (C=O) groups excluding carboxylic acids is 1. The molecule has 0 radical (unpaired) electrons. The third-order valence-electron chi connectivity index (χ3n) is 5.30. The number of halogens is 1. The second-order valence-electron chi connectivity index (χ2n) is 8.15. The second kappa shape index (κ2) is 10.3. The lowest BCUT2D eigenvalue weighted by Crippen LogP contribution is -2.32.